The van der Waals surface area contributed by atoms with Gasteiger partial charge in [0, 0.05) is 19.2 Å². The van der Waals surface area contributed by atoms with Gasteiger partial charge in [0.2, 0.25) is 5.91 Å². The zero-order valence-corrected chi connectivity index (χ0v) is 16.7. The van der Waals surface area contributed by atoms with Crippen molar-refractivity contribution in [2.75, 3.05) is 7.11 Å². The third kappa shape index (κ3) is 6.66. The second-order valence-corrected chi connectivity index (χ2v) is 6.71. The van der Waals surface area contributed by atoms with Crippen LogP contribution in [0.15, 0.2) is 47.2 Å². The number of hydrogen-bond donors (Lipinski definition) is 3. The van der Waals surface area contributed by atoms with Gasteiger partial charge in [-0.3, -0.25) is 14.4 Å². The van der Waals surface area contributed by atoms with Crippen LogP contribution in [0.2, 0.25) is 0 Å². The number of halogens is 1. The molecule has 1 aromatic heterocycles. The monoisotopic (exact) mass is 449 g/mol. The number of amides is 2. The van der Waals surface area contributed by atoms with Crippen molar-refractivity contribution in [3.05, 3.63) is 58.3 Å². The minimum Gasteiger partial charge on any atom is -0.497 e. The minimum atomic E-state index is -1.05. The molecule has 0 saturated heterocycles. The molecule has 2 rings (SSSR count). The Bertz CT molecular complexity index is 842. The van der Waals surface area contributed by atoms with Crippen molar-refractivity contribution >= 4 is 33.7 Å². The number of aromatic nitrogens is 1. The van der Waals surface area contributed by atoms with Crippen LogP contribution in [0.5, 0.6) is 5.75 Å². The van der Waals surface area contributed by atoms with E-state index < -0.39 is 23.8 Å². The molecule has 1 heterocycles. The smallest absolute Gasteiger partial charge is 0.303 e. The molecular weight excluding hydrogens is 430 g/mol. The highest BCUT2D eigenvalue weighted by atomic mass is 79.9. The molecule has 148 valence electrons. The van der Waals surface area contributed by atoms with E-state index in [0.29, 0.717) is 10.4 Å². The van der Waals surface area contributed by atoms with E-state index >= 15 is 0 Å². The number of carboxylic acid groups (broad SMARTS) is 1. The summed E-state index contributed by atoms with van der Waals surface area (Å²) in [6.45, 7) is 0.218. The fourth-order valence-corrected chi connectivity index (χ4v) is 2.62. The first-order valence-corrected chi connectivity index (χ1v) is 9.23. The number of benzene rings is 1. The molecule has 28 heavy (non-hydrogen) atoms. The van der Waals surface area contributed by atoms with Gasteiger partial charge in [0.15, 0.2) is 0 Å². The van der Waals surface area contributed by atoms with E-state index in [1.165, 1.54) is 6.20 Å². The van der Waals surface area contributed by atoms with E-state index in [2.05, 4.69) is 31.5 Å². The maximum Gasteiger partial charge on any atom is 0.303 e. The number of rotatable bonds is 9. The first kappa shape index (κ1) is 21.4. The number of pyridine rings is 1. The molecule has 0 aliphatic heterocycles. The predicted molar refractivity (Wildman–Crippen MR) is 105 cm³/mol. The van der Waals surface area contributed by atoms with Crippen LogP contribution in [0, 0.1) is 0 Å². The molecule has 1 aromatic carbocycles. The van der Waals surface area contributed by atoms with Crippen LogP contribution >= 0.6 is 15.9 Å². The average molecular weight is 450 g/mol. The first-order chi connectivity index (χ1) is 13.4. The Morgan fingerprint density at radius 1 is 1.25 bits per heavy atom. The highest BCUT2D eigenvalue weighted by Gasteiger charge is 2.22. The molecule has 0 aliphatic carbocycles. The summed E-state index contributed by atoms with van der Waals surface area (Å²) in [5, 5.41) is 14.2. The van der Waals surface area contributed by atoms with Crippen molar-refractivity contribution in [3.63, 3.8) is 0 Å². The van der Waals surface area contributed by atoms with Gasteiger partial charge >= 0.3 is 5.97 Å². The topological polar surface area (TPSA) is 118 Å². The van der Waals surface area contributed by atoms with Crippen LogP contribution in [0.25, 0.3) is 0 Å². The van der Waals surface area contributed by atoms with Crippen LogP contribution in [0.1, 0.15) is 28.8 Å². The molecule has 0 bridgehead atoms. The number of carboxylic acids is 1. The molecule has 1 atom stereocenters. The highest BCUT2D eigenvalue weighted by Crippen LogP contribution is 2.12. The second-order valence-electron chi connectivity index (χ2n) is 5.90. The van der Waals surface area contributed by atoms with Gasteiger partial charge in [0.1, 0.15) is 16.4 Å². The Hall–Kier alpha value is -2.94. The predicted octanol–water partition coefficient (Wildman–Crippen LogP) is 2.13. The van der Waals surface area contributed by atoms with E-state index in [9.17, 15) is 14.4 Å². The van der Waals surface area contributed by atoms with Gasteiger partial charge in [-0.25, -0.2) is 4.98 Å². The Kier molecular flexibility index (Phi) is 7.94. The molecule has 8 nitrogen and oxygen atoms in total. The molecule has 2 aromatic rings. The van der Waals surface area contributed by atoms with Crippen molar-refractivity contribution in [1.29, 1.82) is 0 Å². The number of carbonyl (C=O) groups is 3. The van der Waals surface area contributed by atoms with Crippen LogP contribution in [-0.2, 0) is 16.1 Å². The number of methoxy groups -OCH3 is 1. The summed E-state index contributed by atoms with van der Waals surface area (Å²) in [6, 6.07) is 9.34. The molecule has 0 spiro atoms. The van der Waals surface area contributed by atoms with E-state index in [4.69, 9.17) is 9.84 Å². The Morgan fingerprint density at radius 2 is 2.04 bits per heavy atom. The zero-order chi connectivity index (χ0) is 20.5. The average Bonchev–Trinajstić information content (AvgIpc) is 2.69. The fraction of sp³-hybridized carbons (Fsp3) is 0.263. The molecule has 0 fully saturated rings. The summed E-state index contributed by atoms with van der Waals surface area (Å²) in [5.41, 5.74) is 1.08. The number of carbonyl (C=O) groups excluding carboxylic acids is 2. The lowest BCUT2D eigenvalue weighted by atomic mass is 10.1. The second kappa shape index (κ2) is 10.4. The van der Waals surface area contributed by atoms with Gasteiger partial charge in [-0.1, -0.05) is 12.1 Å². The van der Waals surface area contributed by atoms with Crippen LogP contribution in [-0.4, -0.2) is 41.0 Å². The van der Waals surface area contributed by atoms with Crippen molar-refractivity contribution < 1.29 is 24.2 Å². The number of nitrogens with zero attached hydrogens (tertiary/aromatic N) is 1. The lowest BCUT2D eigenvalue weighted by Crippen LogP contribution is -2.46. The van der Waals surface area contributed by atoms with E-state index in [0.717, 1.165) is 5.56 Å². The molecule has 0 radical (unpaired) electrons. The number of nitrogens with one attached hydrogen (secondary N) is 2. The normalized spacial score (nSPS) is 11.4. The lowest BCUT2D eigenvalue weighted by molar-refractivity contribution is -0.137. The fourth-order valence-electron chi connectivity index (χ4n) is 2.38. The molecule has 0 saturated carbocycles. The van der Waals surface area contributed by atoms with E-state index in [1.54, 1.807) is 37.4 Å². The molecule has 0 unspecified atom stereocenters. The van der Waals surface area contributed by atoms with Gasteiger partial charge in [-0.2, -0.15) is 0 Å². The van der Waals surface area contributed by atoms with Crippen LogP contribution in [0.4, 0.5) is 0 Å². The van der Waals surface area contributed by atoms with Gasteiger partial charge in [-0.15, -0.1) is 0 Å². The Labute approximate surface area is 170 Å². The minimum absolute atomic E-state index is 0.0328. The van der Waals surface area contributed by atoms with E-state index in [1.807, 2.05) is 6.07 Å². The summed E-state index contributed by atoms with van der Waals surface area (Å²) in [6.07, 6.45) is 1.08. The molecule has 0 aliphatic rings. The summed E-state index contributed by atoms with van der Waals surface area (Å²) in [5.74, 6) is -1.37. The largest absolute Gasteiger partial charge is 0.497 e. The first-order valence-electron chi connectivity index (χ1n) is 8.44. The standard InChI is InChI=1S/C19H20BrN3O5/c1-28-14-4-2-3-12(9-14)10-22-19(27)15(6-8-17(24)25)23-18(26)13-5-7-16(20)21-11-13/h2-5,7,9,11,15H,6,8,10H2,1H3,(H,22,27)(H,23,26)(H,24,25)/t15-/m0/s1. The van der Waals surface area contributed by atoms with Gasteiger partial charge in [0.25, 0.3) is 5.91 Å². The summed E-state index contributed by atoms with van der Waals surface area (Å²) >= 11 is 3.18. The van der Waals surface area contributed by atoms with Gasteiger partial charge in [-0.05, 0) is 52.2 Å². The van der Waals surface area contributed by atoms with Crippen molar-refractivity contribution in [2.24, 2.45) is 0 Å². The molecular formula is C19H20BrN3O5. The number of hydrogen-bond acceptors (Lipinski definition) is 5. The van der Waals surface area contributed by atoms with Crippen molar-refractivity contribution in [1.82, 2.24) is 15.6 Å². The Balaban J connectivity index is 2.03. The third-order valence-corrected chi connectivity index (χ3v) is 4.33. The maximum atomic E-state index is 12.5. The van der Waals surface area contributed by atoms with Gasteiger partial charge in [0.05, 0.1) is 12.7 Å². The van der Waals surface area contributed by atoms with Gasteiger partial charge < -0.3 is 20.5 Å². The molecule has 2 amide bonds. The Morgan fingerprint density at radius 3 is 2.68 bits per heavy atom. The van der Waals surface area contributed by atoms with Crippen molar-refractivity contribution in [2.45, 2.75) is 25.4 Å². The zero-order valence-electron chi connectivity index (χ0n) is 15.1. The summed E-state index contributed by atoms with van der Waals surface area (Å²) in [7, 11) is 1.55. The van der Waals surface area contributed by atoms with Crippen LogP contribution < -0.4 is 15.4 Å². The molecule has 3 N–H and O–H groups in total. The maximum absolute atomic E-state index is 12.5. The quantitative estimate of drug-likeness (QED) is 0.504. The number of aliphatic carboxylic acids is 1. The SMILES string of the molecule is COc1cccc(CNC(=O)[C@H](CCC(=O)O)NC(=O)c2ccc(Br)nc2)c1. The van der Waals surface area contributed by atoms with E-state index in [-0.39, 0.29) is 24.9 Å². The van der Waals surface area contributed by atoms with Crippen LogP contribution in [0.3, 0.4) is 0 Å². The third-order valence-electron chi connectivity index (χ3n) is 3.86. The van der Waals surface area contributed by atoms with Crippen molar-refractivity contribution in [3.8, 4) is 5.75 Å². The lowest BCUT2D eigenvalue weighted by Gasteiger charge is -2.18. The summed E-state index contributed by atoms with van der Waals surface area (Å²) in [4.78, 5) is 39.8. The highest BCUT2D eigenvalue weighted by molar-refractivity contribution is 9.10. The molecule has 9 heteroatoms. The number of ether oxygens (including phenoxy) is 1. The summed E-state index contributed by atoms with van der Waals surface area (Å²) < 4.78 is 5.71.